The van der Waals surface area contributed by atoms with Gasteiger partial charge in [0.05, 0.1) is 11.7 Å². The number of carbonyl (C=O) groups excluding carboxylic acids is 1. The highest BCUT2D eigenvalue weighted by Crippen LogP contribution is 2.71. The van der Waals surface area contributed by atoms with Gasteiger partial charge in [-0.05, 0) is 97.2 Å². The maximum Gasteiger partial charge on any atom is 0.176 e. The largest absolute Gasteiger partial charge is 0.396 e. The summed E-state index contributed by atoms with van der Waals surface area (Å²) in [6, 6.07) is 2.12. The van der Waals surface area contributed by atoms with Crippen LogP contribution in [-0.4, -0.2) is 28.7 Å². The summed E-state index contributed by atoms with van der Waals surface area (Å²) in [5.74, 6) is 0.476. The lowest BCUT2D eigenvalue weighted by atomic mass is 9.37. The number of carbonyl (C=O) groups is 1. The Balaban J connectivity index is 1.66. The smallest absolute Gasteiger partial charge is 0.176 e. The normalized spacial score (nSPS) is 43.6. The first kappa shape index (κ1) is 26.6. The van der Waals surface area contributed by atoms with Crippen LogP contribution in [0.1, 0.15) is 99.3 Å². The molecule has 3 saturated carbocycles. The van der Waals surface area contributed by atoms with Gasteiger partial charge in [-0.3, -0.25) is 4.79 Å². The van der Waals surface area contributed by atoms with E-state index in [0.29, 0.717) is 17.9 Å². The zero-order chi connectivity index (χ0) is 25.8. The molecule has 0 spiro atoms. The van der Waals surface area contributed by atoms with Gasteiger partial charge in [0.1, 0.15) is 6.07 Å². The van der Waals surface area contributed by atoms with Crippen molar-refractivity contribution in [3.63, 3.8) is 0 Å². The van der Waals surface area contributed by atoms with E-state index >= 15 is 0 Å². The summed E-state index contributed by atoms with van der Waals surface area (Å²) in [5.41, 5.74) is 1.78. The minimum absolute atomic E-state index is 0.00329. The lowest BCUT2D eigenvalue weighted by Crippen LogP contribution is -2.63. The molecule has 0 radical (unpaired) electrons. The van der Waals surface area contributed by atoms with Crippen molar-refractivity contribution in [1.29, 1.82) is 5.26 Å². The molecule has 0 saturated heterocycles. The fraction of sp³-hybridized carbons (Fsp3) is 0.806. The topological polar surface area (TPSA) is 81.3 Å². The third-order valence-corrected chi connectivity index (χ3v) is 11.6. The van der Waals surface area contributed by atoms with Gasteiger partial charge in [0.2, 0.25) is 0 Å². The number of ketones is 1. The number of hydrogen-bond donors (Lipinski definition) is 2. The van der Waals surface area contributed by atoms with Gasteiger partial charge in [0.15, 0.2) is 5.78 Å². The monoisotopic (exact) mass is 481 g/mol. The quantitative estimate of drug-likeness (QED) is 0.271. The Bertz CT molecular complexity index is 957. The summed E-state index contributed by atoms with van der Waals surface area (Å²) in [4.78, 5) is 13.1. The van der Waals surface area contributed by atoms with Gasteiger partial charge in [0.25, 0.3) is 0 Å². The number of aliphatic hydroxyl groups is 2. The number of aliphatic hydroxyl groups excluding tert-OH is 2. The van der Waals surface area contributed by atoms with Crippen molar-refractivity contribution in [2.75, 3.05) is 6.61 Å². The third-order valence-electron chi connectivity index (χ3n) is 11.6. The van der Waals surface area contributed by atoms with Crippen LogP contribution in [0.15, 0.2) is 23.3 Å². The second-order valence-corrected chi connectivity index (χ2v) is 13.7. The van der Waals surface area contributed by atoms with Crippen LogP contribution in [0.2, 0.25) is 0 Å². The lowest BCUT2D eigenvalue weighted by Gasteiger charge is -2.68. The molecule has 4 rings (SSSR count). The lowest BCUT2D eigenvalue weighted by molar-refractivity contribution is -0.188. The molecule has 0 aromatic carbocycles. The SMILES string of the molecule is CC/C=C(/C#N)C(=O)[C@@H](C)[C@@H]1CC[C@]2(C)C(=C[C@@H](O)C3C4CC(C)(C)CC[C@]4(CO)CC[C@]32C)C1. The summed E-state index contributed by atoms with van der Waals surface area (Å²) in [7, 11) is 0. The summed E-state index contributed by atoms with van der Waals surface area (Å²) < 4.78 is 0. The van der Waals surface area contributed by atoms with E-state index in [1.54, 1.807) is 6.08 Å². The van der Waals surface area contributed by atoms with Crippen LogP contribution in [-0.2, 0) is 4.79 Å². The van der Waals surface area contributed by atoms with E-state index < -0.39 is 6.10 Å². The maximum absolute atomic E-state index is 13.1. The molecule has 0 amide bonds. The first-order chi connectivity index (χ1) is 16.4. The highest BCUT2D eigenvalue weighted by molar-refractivity contribution is 6.00. The molecular weight excluding hydrogens is 434 g/mol. The second kappa shape index (κ2) is 9.14. The molecule has 2 unspecified atom stereocenters. The molecule has 0 aliphatic heterocycles. The van der Waals surface area contributed by atoms with Crippen molar-refractivity contribution >= 4 is 5.78 Å². The Labute approximate surface area is 212 Å². The fourth-order valence-corrected chi connectivity index (χ4v) is 8.91. The van der Waals surface area contributed by atoms with Crippen molar-refractivity contribution in [1.82, 2.24) is 0 Å². The predicted molar refractivity (Wildman–Crippen MR) is 139 cm³/mol. The molecule has 3 fully saturated rings. The zero-order valence-electron chi connectivity index (χ0n) is 22.9. The van der Waals surface area contributed by atoms with Gasteiger partial charge in [-0.1, -0.05) is 59.3 Å². The van der Waals surface area contributed by atoms with E-state index in [4.69, 9.17) is 0 Å². The fourth-order valence-electron chi connectivity index (χ4n) is 8.91. The summed E-state index contributed by atoms with van der Waals surface area (Å²) in [6.45, 7) is 13.7. The van der Waals surface area contributed by atoms with Crippen molar-refractivity contribution in [2.45, 2.75) is 105 Å². The van der Waals surface area contributed by atoms with E-state index in [-0.39, 0.29) is 51.8 Å². The molecule has 194 valence electrons. The van der Waals surface area contributed by atoms with Crippen LogP contribution in [0.25, 0.3) is 0 Å². The number of Topliss-reactive ketones (excluding diaryl/α,β-unsaturated/α-hetero) is 1. The third kappa shape index (κ3) is 4.06. The molecule has 35 heavy (non-hydrogen) atoms. The first-order valence-electron chi connectivity index (χ1n) is 14.0. The molecular formula is C31H47NO3. The molecule has 4 nitrogen and oxygen atoms in total. The average molecular weight is 482 g/mol. The Hall–Kier alpha value is -1.44. The Kier molecular flexibility index (Phi) is 6.95. The molecule has 4 heteroatoms. The van der Waals surface area contributed by atoms with Crippen LogP contribution >= 0.6 is 0 Å². The molecule has 2 N–H and O–H groups in total. The van der Waals surface area contributed by atoms with Crippen molar-refractivity contribution < 1.29 is 15.0 Å². The van der Waals surface area contributed by atoms with Gasteiger partial charge in [0, 0.05) is 12.5 Å². The van der Waals surface area contributed by atoms with Crippen LogP contribution in [0.3, 0.4) is 0 Å². The molecule has 4 aliphatic carbocycles. The van der Waals surface area contributed by atoms with Crippen LogP contribution in [0.4, 0.5) is 0 Å². The van der Waals surface area contributed by atoms with Gasteiger partial charge in [-0.2, -0.15) is 5.26 Å². The maximum atomic E-state index is 13.1. The van der Waals surface area contributed by atoms with Crippen molar-refractivity contribution in [3.8, 4) is 6.07 Å². The summed E-state index contributed by atoms with van der Waals surface area (Å²) >= 11 is 0. The van der Waals surface area contributed by atoms with E-state index in [2.05, 4.69) is 39.8 Å². The van der Waals surface area contributed by atoms with Crippen LogP contribution < -0.4 is 0 Å². The number of hydrogen-bond acceptors (Lipinski definition) is 4. The van der Waals surface area contributed by atoms with E-state index in [9.17, 15) is 20.3 Å². The number of nitriles is 1. The number of allylic oxidation sites excluding steroid dienone is 3. The summed E-state index contributed by atoms with van der Waals surface area (Å²) in [6.07, 6.45) is 12.3. The van der Waals surface area contributed by atoms with E-state index in [1.807, 2.05) is 13.8 Å². The number of rotatable bonds is 5. The first-order valence-corrected chi connectivity index (χ1v) is 14.0. The average Bonchev–Trinajstić information content (AvgIpc) is 2.82. The Morgan fingerprint density at radius 3 is 2.51 bits per heavy atom. The van der Waals surface area contributed by atoms with Gasteiger partial charge < -0.3 is 10.2 Å². The molecule has 0 aromatic heterocycles. The molecule has 8 atom stereocenters. The van der Waals surface area contributed by atoms with Crippen LogP contribution in [0, 0.1) is 56.7 Å². The van der Waals surface area contributed by atoms with Crippen molar-refractivity contribution in [3.05, 3.63) is 23.3 Å². The molecule has 0 bridgehead atoms. The minimum Gasteiger partial charge on any atom is -0.396 e. The highest BCUT2D eigenvalue weighted by atomic mass is 16.3. The van der Waals surface area contributed by atoms with Gasteiger partial charge in [-0.15, -0.1) is 0 Å². The van der Waals surface area contributed by atoms with Gasteiger partial charge >= 0.3 is 0 Å². The zero-order valence-corrected chi connectivity index (χ0v) is 22.9. The molecule has 0 aromatic rings. The Morgan fingerprint density at radius 1 is 1.20 bits per heavy atom. The van der Waals surface area contributed by atoms with Crippen molar-refractivity contribution in [2.24, 2.45) is 45.3 Å². The summed E-state index contributed by atoms with van der Waals surface area (Å²) in [5, 5.41) is 31.8. The van der Waals surface area contributed by atoms with Crippen LogP contribution in [0.5, 0.6) is 0 Å². The van der Waals surface area contributed by atoms with E-state index in [1.165, 1.54) is 5.57 Å². The minimum atomic E-state index is -0.507. The standard InChI is InChI=1S/C31H47NO3/c1-7-8-22(18-32)27(35)20(2)21-9-10-29(5)23(15-21)16-25(34)26-24-17-28(3,4)11-13-31(24,19-33)14-12-30(26,29)6/h8,16,20-21,24-26,33-34H,7,9-15,17,19H2,1-6H3/b22-8-/t20-,21+,24?,25+,26?,29+,30+,31+/m0/s1. The predicted octanol–water partition coefficient (Wildman–Crippen LogP) is 6.38. The molecule has 0 heterocycles. The Morgan fingerprint density at radius 2 is 1.89 bits per heavy atom. The number of nitrogens with zero attached hydrogens (tertiary/aromatic N) is 1. The number of fused-ring (bicyclic) bond motifs is 5. The highest BCUT2D eigenvalue weighted by Gasteiger charge is 2.65. The van der Waals surface area contributed by atoms with Gasteiger partial charge in [-0.25, -0.2) is 0 Å². The van der Waals surface area contributed by atoms with E-state index in [0.717, 1.165) is 51.4 Å². The second-order valence-electron chi connectivity index (χ2n) is 13.7. The molecule has 4 aliphatic rings.